The summed E-state index contributed by atoms with van der Waals surface area (Å²) in [6.45, 7) is 0. The summed E-state index contributed by atoms with van der Waals surface area (Å²) in [6, 6.07) is 16.4. The van der Waals surface area contributed by atoms with Crippen LogP contribution in [0.25, 0.3) is 16.2 Å². The summed E-state index contributed by atoms with van der Waals surface area (Å²) in [5, 5.41) is 4.43. The lowest BCUT2D eigenvalue weighted by Crippen LogP contribution is -2.26. The van der Waals surface area contributed by atoms with Gasteiger partial charge >= 0.3 is 0 Å². The molecule has 12 heteroatoms. The highest BCUT2D eigenvalue weighted by Crippen LogP contribution is 2.24. The Hall–Kier alpha value is -4.42. The Morgan fingerprint density at radius 3 is 2.34 bits per heavy atom. The van der Waals surface area contributed by atoms with Crippen molar-refractivity contribution in [2.75, 3.05) is 10.0 Å². The van der Waals surface area contributed by atoms with Gasteiger partial charge in [0.2, 0.25) is 5.95 Å². The van der Waals surface area contributed by atoms with Crippen LogP contribution in [0, 0.1) is 0 Å². The minimum absolute atomic E-state index is 0.0446. The lowest BCUT2D eigenvalue weighted by Gasteiger charge is -2.09. The molecular formula is C23H16N6O4S2. The maximum atomic E-state index is 13.1. The zero-order valence-corrected chi connectivity index (χ0v) is 19.5. The van der Waals surface area contributed by atoms with Crippen LogP contribution in [0.15, 0.2) is 94.3 Å². The van der Waals surface area contributed by atoms with Gasteiger partial charge in [0.25, 0.3) is 21.5 Å². The van der Waals surface area contributed by atoms with E-state index in [0.717, 1.165) is 5.56 Å². The number of hydrogen-bond donors (Lipinski definition) is 2. The highest BCUT2D eigenvalue weighted by molar-refractivity contribution is 7.92. The molecule has 5 aromatic rings. The Bertz CT molecular complexity index is 1680. The molecule has 0 aliphatic heterocycles. The summed E-state index contributed by atoms with van der Waals surface area (Å²) in [4.78, 5) is 38.4. The van der Waals surface area contributed by atoms with Crippen LogP contribution in [0.5, 0.6) is 0 Å². The van der Waals surface area contributed by atoms with Gasteiger partial charge in [-0.1, -0.05) is 30.3 Å². The van der Waals surface area contributed by atoms with E-state index in [1.165, 1.54) is 58.6 Å². The molecule has 2 aromatic carbocycles. The van der Waals surface area contributed by atoms with Gasteiger partial charge in [0.15, 0.2) is 4.96 Å². The molecule has 5 rings (SSSR count). The van der Waals surface area contributed by atoms with E-state index in [4.69, 9.17) is 0 Å². The van der Waals surface area contributed by atoms with Gasteiger partial charge < -0.3 is 5.32 Å². The number of nitrogens with one attached hydrogen (secondary N) is 2. The number of thiazole rings is 1. The number of sulfonamides is 1. The monoisotopic (exact) mass is 504 g/mol. The lowest BCUT2D eigenvalue weighted by atomic mass is 10.2. The van der Waals surface area contributed by atoms with Crippen LogP contribution in [0.3, 0.4) is 0 Å². The molecule has 174 valence electrons. The molecule has 0 aliphatic carbocycles. The summed E-state index contributed by atoms with van der Waals surface area (Å²) < 4.78 is 28.7. The Balaban J connectivity index is 1.39. The lowest BCUT2D eigenvalue weighted by molar-refractivity contribution is 0.102. The fraction of sp³-hybridized carbons (Fsp3) is 0. The highest BCUT2D eigenvalue weighted by atomic mass is 32.2. The van der Waals surface area contributed by atoms with E-state index in [0.29, 0.717) is 16.3 Å². The van der Waals surface area contributed by atoms with Crippen LogP contribution < -0.4 is 15.6 Å². The van der Waals surface area contributed by atoms with Crippen molar-refractivity contribution in [1.82, 2.24) is 19.4 Å². The standard InChI is InChI=1S/C23H16N6O4S2/c30-20(18-13-26-23-29(21(18)31)19(14-34-23)15-5-2-1-3-6-15)27-16-7-9-17(10-8-16)35(32,33)28-22-24-11-4-12-25-22/h1-14H,(H,27,30)(H,24,25,28). The van der Waals surface area contributed by atoms with Gasteiger partial charge in [-0.2, -0.15) is 0 Å². The number of benzene rings is 2. The molecule has 0 atom stereocenters. The number of carbonyl (C=O) groups is 1. The van der Waals surface area contributed by atoms with Crippen molar-refractivity contribution in [2.45, 2.75) is 4.90 Å². The second-order valence-electron chi connectivity index (χ2n) is 7.24. The topological polar surface area (TPSA) is 135 Å². The normalized spacial score (nSPS) is 11.3. The molecule has 0 unspecified atom stereocenters. The quantitative estimate of drug-likeness (QED) is 0.362. The largest absolute Gasteiger partial charge is 0.322 e. The molecule has 3 heterocycles. The number of hydrogen-bond acceptors (Lipinski definition) is 8. The number of amides is 1. The number of carbonyl (C=O) groups excluding carboxylic acids is 1. The Morgan fingerprint density at radius 1 is 0.914 bits per heavy atom. The number of rotatable bonds is 6. The van der Waals surface area contributed by atoms with E-state index in [1.807, 2.05) is 35.7 Å². The minimum atomic E-state index is -3.92. The van der Waals surface area contributed by atoms with E-state index in [1.54, 1.807) is 6.07 Å². The number of anilines is 2. The van der Waals surface area contributed by atoms with Gasteiger partial charge in [-0.3, -0.25) is 14.0 Å². The average molecular weight is 505 g/mol. The van der Waals surface area contributed by atoms with Crippen molar-refractivity contribution in [1.29, 1.82) is 0 Å². The fourth-order valence-electron chi connectivity index (χ4n) is 3.31. The summed E-state index contributed by atoms with van der Waals surface area (Å²) in [7, 11) is -3.92. The molecule has 0 radical (unpaired) electrons. The van der Waals surface area contributed by atoms with Gasteiger partial charge in [-0.15, -0.1) is 11.3 Å². The van der Waals surface area contributed by atoms with Crippen molar-refractivity contribution in [3.63, 3.8) is 0 Å². The third-order valence-electron chi connectivity index (χ3n) is 4.97. The number of nitrogens with zero attached hydrogens (tertiary/aromatic N) is 4. The summed E-state index contributed by atoms with van der Waals surface area (Å²) in [6.07, 6.45) is 4.06. The average Bonchev–Trinajstić information content (AvgIpc) is 3.31. The minimum Gasteiger partial charge on any atom is -0.322 e. The SMILES string of the molecule is O=C(Nc1ccc(S(=O)(=O)Nc2ncccn2)cc1)c1cnc2scc(-c3ccccc3)n2c1=O. The molecule has 35 heavy (non-hydrogen) atoms. The van der Waals surface area contributed by atoms with Gasteiger partial charge in [-0.05, 0) is 35.9 Å². The first kappa shape index (κ1) is 22.4. The smallest absolute Gasteiger partial charge is 0.271 e. The van der Waals surface area contributed by atoms with E-state index in [-0.39, 0.29) is 16.4 Å². The molecular weight excluding hydrogens is 488 g/mol. The fourth-order valence-corrected chi connectivity index (χ4v) is 5.12. The number of aromatic nitrogens is 4. The van der Waals surface area contributed by atoms with Gasteiger partial charge in [0, 0.05) is 29.7 Å². The van der Waals surface area contributed by atoms with Crippen molar-refractivity contribution in [3.05, 3.63) is 101 Å². The predicted molar refractivity (Wildman–Crippen MR) is 132 cm³/mol. The van der Waals surface area contributed by atoms with Crippen LogP contribution >= 0.6 is 11.3 Å². The molecule has 0 spiro atoms. The molecule has 0 fully saturated rings. The Labute approximate surface area is 203 Å². The van der Waals surface area contributed by atoms with Crippen molar-refractivity contribution in [3.8, 4) is 11.3 Å². The van der Waals surface area contributed by atoms with Gasteiger partial charge in [-0.25, -0.2) is 28.1 Å². The van der Waals surface area contributed by atoms with Crippen LogP contribution in [0.2, 0.25) is 0 Å². The van der Waals surface area contributed by atoms with Crippen molar-refractivity contribution >= 4 is 43.9 Å². The van der Waals surface area contributed by atoms with Gasteiger partial charge in [0.1, 0.15) is 5.56 Å². The second kappa shape index (κ2) is 9.08. The molecule has 3 aromatic heterocycles. The number of fused-ring (bicyclic) bond motifs is 1. The van der Waals surface area contributed by atoms with E-state index >= 15 is 0 Å². The van der Waals surface area contributed by atoms with Crippen LogP contribution in [-0.2, 0) is 10.0 Å². The Morgan fingerprint density at radius 2 is 1.63 bits per heavy atom. The van der Waals surface area contributed by atoms with Crippen LogP contribution in [-0.4, -0.2) is 33.7 Å². The molecule has 10 nitrogen and oxygen atoms in total. The van der Waals surface area contributed by atoms with Crippen LogP contribution in [0.1, 0.15) is 10.4 Å². The highest BCUT2D eigenvalue weighted by Gasteiger charge is 2.19. The van der Waals surface area contributed by atoms with Gasteiger partial charge in [0.05, 0.1) is 10.6 Å². The van der Waals surface area contributed by atoms with E-state index in [9.17, 15) is 18.0 Å². The molecule has 0 saturated heterocycles. The zero-order chi connectivity index (χ0) is 24.4. The maximum Gasteiger partial charge on any atom is 0.271 e. The first-order valence-electron chi connectivity index (χ1n) is 10.2. The molecule has 0 bridgehead atoms. The first-order valence-corrected chi connectivity index (χ1v) is 12.5. The first-order chi connectivity index (χ1) is 16.9. The zero-order valence-electron chi connectivity index (χ0n) is 17.8. The van der Waals surface area contributed by atoms with Crippen molar-refractivity contribution in [2.24, 2.45) is 0 Å². The third kappa shape index (κ3) is 4.52. The Kier molecular flexibility index (Phi) is 5.81. The molecule has 0 saturated carbocycles. The third-order valence-corrected chi connectivity index (χ3v) is 7.16. The maximum absolute atomic E-state index is 13.1. The van der Waals surface area contributed by atoms with Crippen molar-refractivity contribution < 1.29 is 13.2 Å². The second-order valence-corrected chi connectivity index (χ2v) is 9.76. The summed E-state index contributed by atoms with van der Waals surface area (Å²) >= 11 is 1.30. The summed E-state index contributed by atoms with van der Waals surface area (Å²) in [5.41, 5.74) is 1.13. The molecule has 0 aliphatic rings. The van der Waals surface area contributed by atoms with Crippen LogP contribution in [0.4, 0.5) is 11.6 Å². The van der Waals surface area contributed by atoms with E-state index in [2.05, 4.69) is 25.0 Å². The predicted octanol–water partition coefficient (Wildman–Crippen LogP) is 3.27. The summed E-state index contributed by atoms with van der Waals surface area (Å²) in [5.74, 6) is -0.718. The molecule has 2 N–H and O–H groups in total. The molecule has 1 amide bonds. The van der Waals surface area contributed by atoms with E-state index < -0.39 is 21.5 Å².